The van der Waals surface area contributed by atoms with E-state index in [0.29, 0.717) is 42.6 Å². The smallest absolute Gasteiger partial charge is 0.264 e. The molecule has 0 aliphatic carbocycles. The van der Waals surface area contributed by atoms with Crippen LogP contribution in [-0.4, -0.2) is 23.9 Å². The van der Waals surface area contributed by atoms with Crippen molar-refractivity contribution in [1.82, 2.24) is 0 Å². The minimum absolute atomic E-state index is 0.124. The fraction of sp³-hybridized carbons (Fsp3) is 0.167. The van der Waals surface area contributed by atoms with Crippen molar-refractivity contribution in [2.75, 3.05) is 12.0 Å². The molecule has 0 fully saturated rings. The molecule has 1 heterocycles. The van der Waals surface area contributed by atoms with Gasteiger partial charge >= 0.3 is 0 Å². The Balaban J connectivity index is 1.71. The molecule has 5 nitrogen and oxygen atoms in total. The lowest BCUT2D eigenvalue weighted by Gasteiger charge is -2.23. The maximum atomic E-state index is 13.5. The van der Waals surface area contributed by atoms with Gasteiger partial charge in [0.1, 0.15) is 5.75 Å². The lowest BCUT2D eigenvalue weighted by atomic mass is 9.88. The van der Waals surface area contributed by atoms with E-state index in [4.69, 9.17) is 27.9 Å². The Morgan fingerprint density at radius 2 is 1.91 bits per heavy atom. The zero-order valence-electron chi connectivity index (χ0n) is 16.9. The molecule has 1 aliphatic heterocycles. The molecule has 1 amide bonds. The number of carbonyl (C=O) groups is 2. The number of aliphatic hydroxyl groups is 1. The Labute approximate surface area is 203 Å². The summed E-state index contributed by atoms with van der Waals surface area (Å²) < 4.78 is 5.86. The van der Waals surface area contributed by atoms with Crippen LogP contribution in [0.25, 0.3) is 0 Å². The van der Waals surface area contributed by atoms with Gasteiger partial charge in [-0.25, -0.2) is 0 Å². The maximum absolute atomic E-state index is 13.5. The summed E-state index contributed by atoms with van der Waals surface area (Å²) >= 11 is 15.7. The van der Waals surface area contributed by atoms with Gasteiger partial charge in [0.15, 0.2) is 11.4 Å². The van der Waals surface area contributed by atoms with E-state index < -0.39 is 17.9 Å². The highest BCUT2D eigenvalue weighted by molar-refractivity contribution is 9.10. The van der Waals surface area contributed by atoms with Crippen molar-refractivity contribution >= 4 is 56.5 Å². The van der Waals surface area contributed by atoms with Crippen LogP contribution in [0.5, 0.6) is 5.75 Å². The molecular weight excluding hydrogens is 517 g/mol. The van der Waals surface area contributed by atoms with Crippen molar-refractivity contribution in [3.05, 3.63) is 91.9 Å². The fourth-order valence-electron chi connectivity index (χ4n) is 3.80. The Hall–Kier alpha value is -2.38. The van der Waals surface area contributed by atoms with Crippen molar-refractivity contribution in [3.63, 3.8) is 0 Å². The molecule has 1 unspecified atom stereocenters. The van der Waals surface area contributed by atoms with Crippen molar-refractivity contribution < 1.29 is 19.4 Å². The number of rotatable bonds is 6. The minimum Gasteiger partial charge on any atom is -0.497 e. The van der Waals surface area contributed by atoms with E-state index in [1.54, 1.807) is 60.7 Å². The molecule has 0 saturated heterocycles. The average Bonchev–Trinajstić information content (AvgIpc) is 2.96. The van der Waals surface area contributed by atoms with Crippen molar-refractivity contribution in [1.29, 1.82) is 0 Å². The van der Waals surface area contributed by atoms with Gasteiger partial charge in [0, 0.05) is 25.6 Å². The third-order valence-electron chi connectivity index (χ3n) is 5.45. The molecule has 0 saturated carbocycles. The number of carbonyl (C=O) groups excluding carboxylic acids is 2. The zero-order chi connectivity index (χ0) is 23.0. The summed E-state index contributed by atoms with van der Waals surface area (Å²) in [5.41, 5.74) is -0.121. The quantitative estimate of drug-likeness (QED) is 0.407. The molecule has 164 valence electrons. The topological polar surface area (TPSA) is 66.8 Å². The summed E-state index contributed by atoms with van der Waals surface area (Å²) in [5.74, 6) is -0.451. The molecule has 1 aliphatic rings. The second-order valence-corrected chi connectivity index (χ2v) is 9.24. The summed E-state index contributed by atoms with van der Waals surface area (Å²) in [6, 6.07) is 16.8. The van der Waals surface area contributed by atoms with Crippen LogP contribution in [0.2, 0.25) is 10.0 Å². The van der Waals surface area contributed by atoms with E-state index in [9.17, 15) is 14.7 Å². The average molecular weight is 535 g/mol. The number of anilines is 1. The first-order valence-corrected chi connectivity index (χ1v) is 11.2. The normalized spacial score (nSPS) is 17.4. The van der Waals surface area contributed by atoms with Crippen LogP contribution in [-0.2, 0) is 16.9 Å². The van der Waals surface area contributed by atoms with Gasteiger partial charge in [-0.15, -0.1) is 0 Å². The predicted molar refractivity (Wildman–Crippen MR) is 128 cm³/mol. The standard InChI is InChI=1S/C24H18BrCl2NO4/c1-32-18-4-2-3-14(9-18)22(29)12-24(31)19-10-16(25)6-8-21(19)28(23(24)30)13-15-5-7-17(26)11-20(15)27/h2-11,31H,12-13H2,1H3. The van der Waals surface area contributed by atoms with Crippen molar-refractivity contribution in [2.45, 2.75) is 18.6 Å². The van der Waals surface area contributed by atoms with Crippen LogP contribution in [0.15, 0.2) is 65.1 Å². The van der Waals surface area contributed by atoms with Crippen LogP contribution in [0.3, 0.4) is 0 Å². The lowest BCUT2D eigenvalue weighted by molar-refractivity contribution is -0.136. The van der Waals surface area contributed by atoms with Gasteiger partial charge < -0.3 is 14.7 Å². The number of nitrogens with zero attached hydrogens (tertiary/aromatic N) is 1. The third-order valence-corrected chi connectivity index (χ3v) is 6.53. The number of benzene rings is 3. The number of hydrogen-bond acceptors (Lipinski definition) is 4. The van der Waals surface area contributed by atoms with Crippen molar-refractivity contribution in [3.8, 4) is 5.75 Å². The second kappa shape index (κ2) is 8.87. The Kier molecular flexibility index (Phi) is 6.32. The van der Waals surface area contributed by atoms with Crippen LogP contribution < -0.4 is 9.64 Å². The molecular formula is C24H18BrCl2NO4. The first-order chi connectivity index (χ1) is 15.2. The van der Waals surface area contributed by atoms with Gasteiger partial charge in [0.05, 0.1) is 25.8 Å². The highest BCUT2D eigenvalue weighted by Crippen LogP contribution is 2.45. The fourth-order valence-corrected chi connectivity index (χ4v) is 4.63. The molecule has 0 bridgehead atoms. The van der Waals surface area contributed by atoms with Gasteiger partial charge in [0.2, 0.25) is 0 Å². The molecule has 3 aromatic rings. The van der Waals surface area contributed by atoms with E-state index >= 15 is 0 Å². The molecule has 4 rings (SSSR count). The van der Waals surface area contributed by atoms with E-state index in [2.05, 4.69) is 15.9 Å². The zero-order valence-corrected chi connectivity index (χ0v) is 20.0. The predicted octanol–water partition coefficient (Wildman–Crippen LogP) is 5.77. The van der Waals surface area contributed by atoms with E-state index in [1.165, 1.54) is 12.0 Å². The van der Waals surface area contributed by atoms with E-state index in [0.717, 1.165) is 0 Å². The van der Waals surface area contributed by atoms with Gasteiger partial charge in [-0.05, 0) is 48.0 Å². The molecule has 3 aromatic carbocycles. The summed E-state index contributed by atoms with van der Waals surface area (Å²) in [6.07, 6.45) is -0.409. The minimum atomic E-state index is -2.02. The van der Waals surface area contributed by atoms with Crippen LogP contribution in [0, 0.1) is 0 Å². The summed E-state index contributed by atoms with van der Waals surface area (Å²) in [5, 5.41) is 12.4. The van der Waals surface area contributed by atoms with Gasteiger partial charge in [-0.1, -0.05) is 57.3 Å². The summed E-state index contributed by atoms with van der Waals surface area (Å²) in [6.45, 7) is 0.124. The maximum Gasteiger partial charge on any atom is 0.264 e. The van der Waals surface area contributed by atoms with E-state index in [1.807, 2.05) is 0 Å². The van der Waals surface area contributed by atoms with Crippen LogP contribution in [0.1, 0.15) is 27.9 Å². The molecule has 1 atom stereocenters. The highest BCUT2D eigenvalue weighted by atomic mass is 79.9. The van der Waals surface area contributed by atoms with Gasteiger partial charge in [-0.2, -0.15) is 0 Å². The summed E-state index contributed by atoms with van der Waals surface area (Å²) in [7, 11) is 1.51. The Morgan fingerprint density at radius 1 is 1.12 bits per heavy atom. The molecule has 8 heteroatoms. The number of ketones is 1. The number of methoxy groups -OCH3 is 1. The molecule has 0 spiro atoms. The first kappa shape index (κ1) is 22.8. The largest absolute Gasteiger partial charge is 0.497 e. The lowest BCUT2D eigenvalue weighted by Crippen LogP contribution is -2.41. The number of ether oxygens (including phenoxy) is 1. The van der Waals surface area contributed by atoms with Crippen LogP contribution in [0.4, 0.5) is 5.69 Å². The first-order valence-electron chi connectivity index (χ1n) is 9.68. The van der Waals surface area contributed by atoms with E-state index in [-0.39, 0.29) is 12.3 Å². The SMILES string of the molecule is COc1cccc(C(=O)CC2(O)C(=O)N(Cc3ccc(Cl)cc3Cl)c3ccc(Br)cc32)c1. The Morgan fingerprint density at radius 3 is 2.62 bits per heavy atom. The number of hydrogen-bond donors (Lipinski definition) is 1. The second-order valence-electron chi connectivity index (χ2n) is 7.48. The summed E-state index contributed by atoms with van der Waals surface area (Å²) in [4.78, 5) is 28.0. The van der Waals surface area contributed by atoms with Gasteiger partial charge in [-0.3, -0.25) is 9.59 Å². The van der Waals surface area contributed by atoms with Crippen molar-refractivity contribution in [2.24, 2.45) is 0 Å². The Bertz CT molecular complexity index is 1230. The van der Waals surface area contributed by atoms with Gasteiger partial charge in [0.25, 0.3) is 5.91 Å². The molecule has 1 N–H and O–H groups in total. The van der Waals surface area contributed by atoms with Crippen LogP contribution >= 0.6 is 39.1 Å². The monoisotopic (exact) mass is 533 g/mol. The molecule has 32 heavy (non-hydrogen) atoms. The number of amides is 1. The number of halogens is 3. The number of Topliss-reactive ketones (excluding diaryl/α,β-unsaturated/α-hetero) is 1. The third kappa shape index (κ3) is 4.16. The number of fused-ring (bicyclic) bond motifs is 1. The highest BCUT2D eigenvalue weighted by Gasteiger charge is 2.51. The molecule has 0 aromatic heterocycles. The molecule has 0 radical (unpaired) electrons.